The van der Waals surface area contributed by atoms with Gasteiger partial charge in [0.05, 0.1) is 20.8 Å². The molecule has 1 rings (SSSR count). The third kappa shape index (κ3) is 3.17. The highest BCUT2D eigenvalue weighted by atomic mass is 31.2. The third-order valence-electron chi connectivity index (χ3n) is 2.71. The van der Waals surface area contributed by atoms with Crippen molar-refractivity contribution in [3.05, 3.63) is 23.8 Å². The molecule has 0 saturated heterocycles. The number of carbonyl (C=O) groups excluding carboxylic acids is 1. The molecule has 0 bridgehead atoms. The maximum atomic E-state index is 12.5. The summed E-state index contributed by atoms with van der Waals surface area (Å²) in [6, 6.07) is 4.95. The molecule has 0 aliphatic rings. The fourth-order valence-corrected chi connectivity index (χ4v) is 3.30. The van der Waals surface area contributed by atoms with Gasteiger partial charge in [-0.3, -0.25) is 9.36 Å². The van der Waals surface area contributed by atoms with Crippen LogP contribution >= 0.6 is 7.37 Å². The Kier molecular flexibility index (Phi) is 5.58. The van der Waals surface area contributed by atoms with Crippen LogP contribution in [-0.4, -0.2) is 32.5 Å². The van der Waals surface area contributed by atoms with E-state index in [2.05, 4.69) is 0 Å². The minimum atomic E-state index is -3.39. The highest BCUT2D eigenvalue weighted by Gasteiger charge is 2.35. The van der Waals surface area contributed by atoms with Gasteiger partial charge in [-0.1, -0.05) is 13.0 Å². The molecule has 6 heteroatoms. The van der Waals surface area contributed by atoms with Gasteiger partial charge in [-0.05, 0) is 19.1 Å². The van der Waals surface area contributed by atoms with Gasteiger partial charge >= 0.3 is 0 Å². The quantitative estimate of drug-likeness (QED) is 0.720. The minimum absolute atomic E-state index is 0.140. The lowest BCUT2D eigenvalue weighted by molar-refractivity contribution is 0.104. The number of hydrogen-bond donors (Lipinski definition) is 0. The fraction of sp³-hybridized carbons (Fsp3) is 0.462. The zero-order valence-electron chi connectivity index (χ0n) is 11.6. The topological polar surface area (TPSA) is 61.8 Å². The van der Waals surface area contributed by atoms with E-state index >= 15 is 0 Å². The van der Waals surface area contributed by atoms with Gasteiger partial charge in [-0.15, -0.1) is 0 Å². The number of methoxy groups -OCH3 is 2. The van der Waals surface area contributed by atoms with E-state index in [1.54, 1.807) is 32.0 Å². The van der Waals surface area contributed by atoms with Crippen molar-refractivity contribution in [2.75, 3.05) is 27.0 Å². The largest absolute Gasteiger partial charge is 0.496 e. The summed E-state index contributed by atoms with van der Waals surface area (Å²) in [4.78, 5) is 12.5. The molecule has 1 aromatic carbocycles. The Labute approximate surface area is 113 Å². The molecule has 5 nitrogen and oxygen atoms in total. The molecule has 1 unspecified atom stereocenters. The van der Waals surface area contributed by atoms with Crippen molar-refractivity contribution in [1.82, 2.24) is 0 Å². The SMILES string of the molecule is CCOP(=O)(CC)C(=O)c1c(OC)cccc1OC. The van der Waals surface area contributed by atoms with Gasteiger partial charge in [0, 0.05) is 6.16 Å². The normalized spacial score (nSPS) is 13.7. The first-order valence-electron chi connectivity index (χ1n) is 6.03. The maximum absolute atomic E-state index is 12.5. The van der Waals surface area contributed by atoms with Crippen LogP contribution in [0.4, 0.5) is 0 Å². The zero-order valence-corrected chi connectivity index (χ0v) is 12.5. The number of benzene rings is 1. The number of carbonyl (C=O) groups is 1. The summed E-state index contributed by atoms with van der Waals surface area (Å²) in [7, 11) is -0.497. The molecule has 106 valence electrons. The molecular weight excluding hydrogens is 267 g/mol. The summed E-state index contributed by atoms with van der Waals surface area (Å²) in [5, 5.41) is 0. The zero-order chi connectivity index (χ0) is 14.5. The van der Waals surface area contributed by atoms with Crippen molar-refractivity contribution in [1.29, 1.82) is 0 Å². The smallest absolute Gasteiger partial charge is 0.271 e. The second-order valence-corrected chi connectivity index (χ2v) is 6.39. The standard InChI is InChI=1S/C13H19O5P/c1-5-18-19(15,6-2)13(14)12-10(16-3)8-7-9-11(12)17-4/h7-9H,5-6H2,1-4H3. The minimum Gasteiger partial charge on any atom is -0.496 e. The summed E-state index contributed by atoms with van der Waals surface area (Å²) >= 11 is 0. The van der Waals surface area contributed by atoms with Gasteiger partial charge in [0.1, 0.15) is 17.1 Å². The van der Waals surface area contributed by atoms with Crippen LogP contribution in [0.2, 0.25) is 0 Å². The summed E-state index contributed by atoms with van der Waals surface area (Å²) in [5.74, 6) is 0.662. The lowest BCUT2D eigenvalue weighted by Gasteiger charge is -2.18. The summed E-state index contributed by atoms with van der Waals surface area (Å²) < 4.78 is 28.0. The van der Waals surface area contributed by atoms with Crippen LogP contribution < -0.4 is 9.47 Å². The summed E-state index contributed by atoms with van der Waals surface area (Å²) in [6.45, 7) is 3.58. The van der Waals surface area contributed by atoms with Crippen molar-refractivity contribution in [2.45, 2.75) is 13.8 Å². The Bertz CT molecular complexity index is 476. The summed E-state index contributed by atoms with van der Waals surface area (Å²) in [6.07, 6.45) is 0.140. The molecule has 0 N–H and O–H groups in total. The van der Waals surface area contributed by atoms with Gasteiger partial charge in [-0.2, -0.15) is 0 Å². The highest BCUT2D eigenvalue weighted by molar-refractivity contribution is 7.76. The second-order valence-electron chi connectivity index (χ2n) is 3.75. The van der Waals surface area contributed by atoms with E-state index in [1.165, 1.54) is 14.2 Å². The van der Waals surface area contributed by atoms with E-state index in [4.69, 9.17) is 14.0 Å². The molecule has 1 aromatic rings. The molecule has 1 atom stereocenters. The van der Waals surface area contributed by atoms with E-state index in [-0.39, 0.29) is 18.3 Å². The number of ether oxygens (including phenoxy) is 2. The van der Waals surface area contributed by atoms with Crippen LogP contribution in [0.15, 0.2) is 18.2 Å². The van der Waals surface area contributed by atoms with Crippen molar-refractivity contribution >= 4 is 12.9 Å². The van der Waals surface area contributed by atoms with Gasteiger partial charge in [0.25, 0.3) is 12.9 Å². The molecule has 0 amide bonds. The van der Waals surface area contributed by atoms with Crippen molar-refractivity contribution in [3.63, 3.8) is 0 Å². The van der Waals surface area contributed by atoms with Crippen LogP contribution in [0, 0.1) is 0 Å². The maximum Gasteiger partial charge on any atom is 0.271 e. The molecule has 0 heterocycles. The first-order chi connectivity index (χ1) is 9.03. The molecule has 0 fully saturated rings. The van der Waals surface area contributed by atoms with Crippen molar-refractivity contribution < 1.29 is 23.4 Å². The Morgan fingerprint density at radius 3 is 2.05 bits per heavy atom. The average molecular weight is 286 g/mol. The van der Waals surface area contributed by atoms with E-state index in [9.17, 15) is 9.36 Å². The van der Waals surface area contributed by atoms with Gasteiger partial charge < -0.3 is 14.0 Å². The van der Waals surface area contributed by atoms with Crippen molar-refractivity contribution in [2.24, 2.45) is 0 Å². The van der Waals surface area contributed by atoms with Crippen LogP contribution in [-0.2, 0) is 9.09 Å². The molecule has 0 aliphatic heterocycles. The van der Waals surface area contributed by atoms with Gasteiger partial charge in [0.2, 0.25) is 0 Å². The third-order valence-corrected chi connectivity index (χ3v) is 5.06. The van der Waals surface area contributed by atoms with Crippen LogP contribution in [0.25, 0.3) is 0 Å². The van der Waals surface area contributed by atoms with Crippen molar-refractivity contribution in [3.8, 4) is 11.5 Å². The van der Waals surface area contributed by atoms with Gasteiger partial charge in [-0.25, -0.2) is 0 Å². The molecule has 19 heavy (non-hydrogen) atoms. The van der Waals surface area contributed by atoms with E-state index in [0.29, 0.717) is 11.5 Å². The fourth-order valence-electron chi connectivity index (χ4n) is 1.73. The lowest BCUT2D eigenvalue weighted by Crippen LogP contribution is -2.09. The first kappa shape index (κ1) is 15.7. The predicted octanol–water partition coefficient (Wildman–Crippen LogP) is 3.18. The average Bonchev–Trinajstić information content (AvgIpc) is 2.45. The molecule has 0 saturated carbocycles. The van der Waals surface area contributed by atoms with Crippen LogP contribution in [0.5, 0.6) is 11.5 Å². The number of hydrogen-bond acceptors (Lipinski definition) is 5. The Balaban J connectivity index is 3.36. The monoisotopic (exact) mass is 286 g/mol. The second kappa shape index (κ2) is 6.73. The van der Waals surface area contributed by atoms with Crippen LogP contribution in [0.1, 0.15) is 24.2 Å². The van der Waals surface area contributed by atoms with Gasteiger partial charge in [0.15, 0.2) is 0 Å². The Morgan fingerprint density at radius 2 is 1.68 bits per heavy atom. The van der Waals surface area contributed by atoms with E-state index < -0.39 is 12.9 Å². The summed E-state index contributed by atoms with van der Waals surface area (Å²) in [5.41, 5.74) is -0.391. The molecule has 0 aromatic heterocycles. The molecule has 0 radical (unpaired) electrons. The Morgan fingerprint density at radius 1 is 1.16 bits per heavy atom. The highest BCUT2D eigenvalue weighted by Crippen LogP contribution is 2.52. The first-order valence-corrected chi connectivity index (χ1v) is 7.84. The predicted molar refractivity (Wildman–Crippen MR) is 73.7 cm³/mol. The molecule has 0 spiro atoms. The number of rotatable bonds is 7. The van der Waals surface area contributed by atoms with E-state index in [1.807, 2.05) is 0 Å². The van der Waals surface area contributed by atoms with E-state index in [0.717, 1.165) is 0 Å². The molecular formula is C13H19O5P. The lowest BCUT2D eigenvalue weighted by atomic mass is 10.2. The van der Waals surface area contributed by atoms with Crippen LogP contribution in [0.3, 0.4) is 0 Å². The Hall–Kier alpha value is -1.32. The molecule has 0 aliphatic carbocycles.